The van der Waals surface area contributed by atoms with Crippen LogP contribution in [0.4, 0.5) is 0 Å². The Balaban J connectivity index is 2.04. The molecule has 0 radical (unpaired) electrons. The molecular weight excluding hydrogens is 398 g/mol. The zero-order chi connectivity index (χ0) is 21.6. The smallest absolute Gasteiger partial charge is 0.248 e. The Morgan fingerprint density at radius 3 is 2.62 bits per heavy atom. The molecule has 1 unspecified atom stereocenters. The molecule has 1 aliphatic heterocycles. The van der Waals surface area contributed by atoms with E-state index >= 15 is 0 Å². The maximum atomic E-state index is 12.1. The van der Waals surface area contributed by atoms with Crippen molar-refractivity contribution in [2.45, 2.75) is 38.4 Å². The van der Waals surface area contributed by atoms with Crippen LogP contribution in [-0.2, 0) is 28.7 Å². The number of rotatable bonds is 15. The standard InChI is InChI=1S/C19H33N3O6S/c1-4-8-21(3)18(25)14-28-12-11-27-10-7-20-16(23)6-9-22-17(24)13-15(19(22)26)29-5-2/h15H,4-14H2,1-3H3,(H,20,23). The van der Waals surface area contributed by atoms with Crippen LogP contribution in [0.2, 0.25) is 0 Å². The van der Waals surface area contributed by atoms with Crippen LogP contribution >= 0.6 is 11.8 Å². The predicted molar refractivity (Wildman–Crippen MR) is 110 cm³/mol. The van der Waals surface area contributed by atoms with E-state index < -0.39 is 0 Å². The lowest BCUT2D eigenvalue weighted by Gasteiger charge is -2.16. The second-order valence-electron chi connectivity index (χ2n) is 6.61. The number of carbonyl (C=O) groups excluding carboxylic acids is 4. The number of carbonyl (C=O) groups is 4. The molecule has 9 nitrogen and oxygen atoms in total. The highest BCUT2D eigenvalue weighted by Gasteiger charge is 2.38. The summed E-state index contributed by atoms with van der Waals surface area (Å²) in [6, 6.07) is 0. The van der Waals surface area contributed by atoms with Gasteiger partial charge >= 0.3 is 0 Å². The van der Waals surface area contributed by atoms with Crippen molar-refractivity contribution in [2.24, 2.45) is 0 Å². The minimum atomic E-state index is -0.312. The molecular formula is C19H33N3O6S. The first-order valence-electron chi connectivity index (χ1n) is 10.0. The highest BCUT2D eigenvalue weighted by molar-refractivity contribution is 8.00. The quantitative estimate of drug-likeness (QED) is 0.293. The van der Waals surface area contributed by atoms with Crippen LogP contribution in [0.3, 0.4) is 0 Å². The molecule has 0 bridgehead atoms. The Morgan fingerprint density at radius 2 is 1.93 bits per heavy atom. The van der Waals surface area contributed by atoms with Crippen LogP contribution in [0.15, 0.2) is 0 Å². The van der Waals surface area contributed by atoms with E-state index in [2.05, 4.69) is 5.32 Å². The molecule has 1 aliphatic rings. The number of likely N-dealkylation sites (tertiary alicyclic amines) is 1. The number of nitrogens with one attached hydrogen (secondary N) is 1. The van der Waals surface area contributed by atoms with Crippen molar-refractivity contribution in [3.63, 3.8) is 0 Å². The summed E-state index contributed by atoms with van der Waals surface area (Å²) in [4.78, 5) is 50.3. The fraction of sp³-hybridized carbons (Fsp3) is 0.789. The third-order valence-electron chi connectivity index (χ3n) is 4.28. The minimum Gasteiger partial charge on any atom is -0.377 e. The van der Waals surface area contributed by atoms with Crippen LogP contribution in [0, 0.1) is 0 Å². The SMILES string of the molecule is CCCN(C)C(=O)COCCOCCNC(=O)CCN1C(=O)CC(SCC)C1=O. The summed E-state index contributed by atoms with van der Waals surface area (Å²) in [5, 5.41) is 2.38. The van der Waals surface area contributed by atoms with E-state index in [9.17, 15) is 19.2 Å². The molecule has 166 valence electrons. The molecule has 0 aromatic carbocycles. The minimum absolute atomic E-state index is 0.0299. The molecule has 1 heterocycles. The summed E-state index contributed by atoms with van der Waals surface area (Å²) in [5.41, 5.74) is 0. The normalized spacial score (nSPS) is 16.4. The molecule has 1 atom stereocenters. The second-order valence-corrected chi connectivity index (χ2v) is 8.09. The molecule has 1 fully saturated rings. The fourth-order valence-electron chi connectivity index (χ4n) is 2.73. The first-order chi connectivity index (χ1) is 13.9. The van der Waals surface area contributed by atoms with E-state index in [1.54, 1.807) is 11.9 Å². The van der Waals surface area contributed by atoms with Crippen molar-refractivity contribution in [1.82, 2.24) is 15.1 Å². The number of hydrogen-bond acceptors (Lipinski definition) is 7. The van der Waals surface area contributed by atoms with Crippen LogP contribution in [-0.4, -0.2) is 97.5 Å². The van der Waals surface area contributed by atoms with E-state index in [0.717, 1.165) is 12.2 Å². The summed E-state index contributed by atoms with van der Waals surface area (Å²) in [5.74, 6) is 0.0685. The van der Waals surface area contributed by atoms with Crippen molar-refractivity contribution in [1.29, 1.82) is 0 Å². The highest BCUT2D eigenvalue weighted by atomic mass is 32.2. The Kier molecular flexibility index (Phi) is 12.6. The van der Waals surface area contributed by atoms with Gasteiger partial charge in [0.2, 0.25) is 23.6 Å². The van der Waals surface area contributed by atoms with Gasteiger partial charge in [0.1, 0.15) is 6.61 Å². The Morgan fingerprint density at radius 1 is 1.21 bits per heavy atom. The lowest BCUT2D eigenvalue weighted by molar-refractivity contribution is -0.139. The van der Waals surface area contributed by atoms with Crippen molar-refractivity contribution < 1.29 is 28.7 Å². The van der Waals surface area contributed by atoms with Gasteiger partial charge in [-0.1, -0.05) is 13.8 Å². The number of thioether (sulfide) groups is 1. The van der Waals surface area contributed by atoms with Gasteiger partial charge in [-0.3, -0.25) is 24.1 Å². The molecule has 1 N–H and O–H groups in total. The van der Waals surface area contributed by atoms with E-state index in [-0.39, 0.29) is 54.9 Å². The maximum absolute atomic E-state index is 12.1. The lowest BCUT2D eigenvalue weighted by atomic mass is 10.3. The van der Waals surface area contributed by atoms with Gasteiger partial charge in [-0.25, -0.2) is 0 Å². The molecule has 10 heteroatoms. The molecule has 1 saturated heterocycles. The number of nitrogens with zero attached hydrogens (tertiary/aromatic N) is 2. The van der Waals surface area contributed by atoms with Gasteiger partial charge in [-0.2, -0.15) is 0 Å². The third kappa shape index (κ3) is 9.60. The third-order valence-corrected chi connectivity index (χ3v) is 5.39. The number of hydrogen-bond donors (Lipinski definition) is 1. The van der Waals surface area contributed by atoms with Crippen molar-refractivity contribution in [2.75, 3.05) is 58.9 Å². The number of ether oxygens (including phenoxy) is 2. The van der Waals surface area contributed by atoms with Crippen molar-refractivity contribution >= 4 is 35.4 Å². The van der Waals surface area contributed by atoms with Crippen LogP contribution in [0.5, 0.6) is 0 Å². The monoisotopic (exact) mass is 431 g/mol. The molecule has 0 aliphatic carbocycles. The van der Waals surface area contributed by atoms with Crippen LogP contribution in [0.1, 0.15) is 33.1 Å². The van der Waals surface area contributed by atoms with Crippen LogP contribution in [0.25, 0.3) is 0 Å². The molecule has 0 saturated carbocycles. The topological polar surface area (TPSA) is 105 Å². The van der Waals surface area contributed by atoms with Crippen LogP contribution < -0.4 is 5.32 Å². The Labute approximate surface area is 176 Å². The number of amides is 4. The largest absolute Gasteiger partial charge is 0.377 e. The van der Waals surface area contributed by atoms with Gasteiger partial charge in [0, 0.05) is 39.5 Å². The Hall–Kier alpha value is -1.65. The van der Waals surface area contributed by atoms with Gasteiger partial charge in [0.25, 0.3) is 0 Å². The first-order valence-corrected chi connectivity index (χ1v) is 11.1. The van der Waals surface area contributed by atoms with E-state index in [4.69, 9.17) is 9.47 Å². The average molecular weight is 432 g/mol. The Bertz CT molecular complexity index is 560. The highest BCUT2D eigenvalue weighted by Crippen LogP contribution is 2.24. The second kappa shape index (κ2) is 14.4. The summed E-state index contributed by atoms with van der Waals surface area (Å²) < 4.78 is 10.6. The van der Waals surface area contributed by atoms with E-state index in [1.807, 2.05) is 13.8 Å². The molecule has 4 amide bonds. The van der Waals surface area contributed by atoms with Gasteiger partial charge in [0.15, 0.2) is 0 Å². The molecule has 0 aromatic rings. The van der Waals surface area contributed by atoms with Gasteiger partial charge < -0.3 is 19.7 Å². The number of likely N-dealkylation sites (N-methyl/N-ethyl adjacent to an activating group) is 1. The fourth-order valence-corrected chi connectivity index (χ4v) is 3.67. The average Bonchev–Trinajstić information content (AvgIpc) is 2.95. The van der Waals surface area contributed by atoms with Gasteiger partial charge in [0.05, 0.1) is 25.1 Å². The predicted octanol–water partition coefficient (Wildman–Crippen LogP) is 0.275. The van der Waals surface area contributed by atoms with Crippen molar-refractivity contribution in [3.05, 3.63) is 0 Å². The molecule has 0 spiro atoms. The molecule has 1 rings (SSSR count). The lowest BCUT2D eigenvalue weighted by Crippen LogP contribution is -2.36. The summed E-state index contributed by atoms with van der Waals surface area (Å²) in [6.07, 6.45) is 1.20. The molecule has 29 heavy (non-hydrogen) atoms. The summed E-state index contributed by atoms with van der Waals surface area (Å²) >= 11 is 1.46. The van der Waals surface area contributed by atoms with E-state index in [1.165, 1.54) is 16.7 Å². The summed E-state index contributed by atoms with van der Waals surface area (Å²) in [6.45, 7) is 6.06. The maximum Gasteiger partial charge on any atom is 0.248 e. The zero-order valence-electron chi connectivity index (χ0n) is 17.6. The van der Waals surface area contributed by atoms with Gasteiger partial charge in [-0.05, 0) is 12.2 Å². The summed E-state index contributed by atoms with van der Waals surface area (Å²) in [7, 11) is 1.74. The zero-order valence-corrected chi connectivity index (χ0v) is 18.4. The van der Waals surface area contributed by atoms with Crippen molar-refractivity contribution in [3.8, 4) is 0 Å². The number of imide groups is 1. The first kappa shape index (κ1) is 25.4. The molecule has 0 aromatic heterocycles. The van der Waals surface area contributed by atoms with E-state index in [0.29, 0.717) is 32.9 Å². The van der Waals surface area contributed by atoms with Gasteiger partial charge in [-0.15, -0.1) is 11.8 Å².